The lowest BCUT2D eigenvalue weighted by Crippen LogP contribution is -2.19. The minimum Gasteiger partial charge on any atom is -0.497 e. The fraction of sp³-hybridized carbons (Fsp3) is 0.308. The number of hydrogen-bond donors (Lipinski definition) is 1. The maximum Gasteiger partial charge on any atom is 0.343 e. The second-order valence-corrected chi connectivity index (χ2v) is 3.92. The highest BCUT2D eigenvalue weighted by molar-refractivity contribution is 5.91. The zero-order valence-electron chi connectivity index (χ0n) is 9.44. The lowest BCUT2D eigenvalue weighted by atomic mass is 9.88. The molecule has 0 aliphatic heterocycles. The molecule has 3 nitrogen and oxygen atoms in total. The summed E-state index contributed by atoms with van der Waals surface area (Å²) >= 11 is 0. The molecule has 2 rings (SSSR count). The molecule has 0 aromatic heterocycles. The van der Waals surface area contributed by atoms with Gasteiger partial charge in [-0.3, -0.25) is 0 Å². The van der Waals surface area contributed by atoms with Crippen LogP contribution in [0.15, 0.2) is 24.3 Å². The molecule has 17 heavy (non-hydrogen) atoms. The number of methoxy groups -OCH3 is 1. The van der Waals surface area contributed by atoms with E-state index in [4.69, 9.17) is 9.84 Å². The summed E-state index contributed by atoms with van der Waals surface area (Å²) < 4.78 is 18.7. The molecule has 1 unspecified atom stereocenters. The van der Waals surface area contributed by atoms with Crippen LogP contribution in [-0.4, -0.2) is 24.4 Å². The molecular weight excluding hydrogens is 223 g/mol. The van der Waals surface area contributed by atoms with Crippen molar-refractivity contribution in [1.82, 2.24) is 0 Å². The molecule has 0 heterocycles. The van der Waals surface area contributed by atoms with Gasteiger partial charge in [0.15, 0.2) is 0 Å². The number of carbonyl (C=O) groups is 1. The molecule has 0 fully saturated rings. The molecular formula is C13H13FO3. The van der Waals surface area contributed by atoms with E-state index in [0.717, 1.165) is 12.0 Å². The minimum absolute atomic E-state index is 0.234. The molecule has 1 aliphatic rings. The lowest BCUT2D eigenvalue weighted by Gasteiger charge is -2.19. The molecule has 90 valence electrons. The summed E-state index contributed by atoms with van der Waals surface area (Å²) in [7, 11) is 1.53. The Morgan fingerprint density at radius 2 is 2.29 bits per heavy atom. The van der Waals surface area contributed by atoms with E-state index in [1.54, 1.807) is 18.2 Å². The molecule has 0 amide bonds. The number of hydrogen-bond acceptors (Lipinski definition) is 2. The number of carboxylic acid groups (broad SMARTS) is 1. The van der Waals surface area contributed by atoms with Gasteiger partial charge in [-0.15, -0.1) is 0 Å². The molecule has 0 bridgehead atoms. The van der Waals surface area contributed by atoms with Crippen molar-refractivity contribution in [3.63, 3.8) is 0 Å². The average Bonchev–Trinajstić information content (AvgIpc) is 2.36. The number of halogens is 1. The van der Waals surface area contributed by atoms with Gasteiger partial charge in [0.1, 0.15) is 5.75 Å². The highest BCUT2D eigenvalue weighted by Gasteiger charge is 2.26. The third kappa shape index (κ3) is 2.16. The van der Waals surface area contributed by atoms with E-state index in [1.807, 2.05) is 6.07 Å². The van der Waals surface area contributed by atoms with Crippen molar-refractivity contribution in [1.29, 1.82) is 0 Å². The van der Waals surface area contributed by atoms with Crippen molar-refractivity contribution in [2.24, 2.45) is 0 Å². The van der Waals surface area contributed by atoms with Gasteiger partial charge in [-0.05, 0) is 36.1 Å². The van der Waals surface area contributed by atoms with Gasteiger partial charge in [0.25, 0.3) is 0 Å². The van der Waals surface area contributed by atoms with Crippen LogP contribution in [0.25, 0.3) is 5.57 Å². The number of rotatable bonds is 3. The summed E-state index contributed by atoms with van der Waals surface area (Å²) in [6.45, 7) is 0. The molecule has 1 N–H and O–H groups in total. The number of aryl methyl sites for hydroxylation is 1. The first kappa shape index (κ1) is 11.6. The summed E-state index contributed by atoms with van der Waals surface area (Å²) in [6, 6.07) is 5.35. The smallest absolute Gasteiger partial charge is 0.343 e. The van der Waals surface area contributed by atoms with Crippen molar-refractivity contribution in [3.05, 3.63) is 35.4 Å². The van der Waals surface area contributed by atoms with E-state index in [9.17, 15) is 9.18 Å². The number of alkyl halides is 1. The number of benzene rings is 1. The number of ether oxygens (including phenoxy) is 1. The van der Waals surface area contributed by atoms with Crippen molar-refractivity contribution >= 4 is 11.5 Å². The third-order valence-electron chi connectivity index (χ3n) is 2.90. The van der Waals surface area contributed by atoms with Gasteiger partial charge in [0.05, 0.1) is 7.11 Å². The van der Waals surface area contributed by atoms with Crippen molar-refractivity contribution < 1.29 is 19.0 Å². The van der Waals surface area contributed by atoms with Gasteiger partial charge in [0, 0.05) is 5.57 Å². The lowest BCUT2D eigenvalue weighted by molar-refractivity contribution is -0.140. The Labute approximate surface area is 98.5 Å². The van der Waals surface area contributed by atoms with E-state index >= 15 is 0 Å². The Hall–Kier alpha value is -1.84. The van der Waals surface area contributed by atoms with Crippen molar-refractivity contribution in [2.45, 2.75) is 19.0 Å². The van der Waals surface area contributed by atoms with E-state index in [1.165, 1.54) is 7.11 Å². The fourth-order valence-corrected chi connectivity index (χ4v) is 2.04. The van der Waals surface area contributed by atoms with Crippen LogP contribution in [0, 0.1) is 0 Å². The second kappa shape index (κ2) is 4.57. The SMILES string of the molecule is COc1ccc2c(c1)C(C(F)C(=O)O)=CCC2. The highest BCUT2D eigenvalue weighted by Crippen LogP contribution is 2.32. The minimum atomic E-state index is -1.97. The molecule has 1 aliphatic carbocycles. The predicted molar refractivity (Wildman–Crippen MR) is 61.8 cm³/mol. The summed E-state index contributed by atoms with van der Waals surface area (Å²) in [5.41, 5.74) is 1.84. The van der Waals surface area contributed by atoms with Gasteiger partial charge in [0.2, 0.25) is 6.17 Å². The summed E-state index contributed by atoms with van der Waals surface area (Å²) in [4.78, 5) is 10.7. The molecule has 4 heteroatoms. The second-order valence-electron chi connectivity index (χ2n) is 3.92. The van der Waals surface area contributed by atoms with Crippen molar-refractivity contribution in [3.8, 4) is 5.75 Å². The normalized spacial score (nSPS) is 15.8. The monoisotopic (exact) mass is 236 g/mol. The summed E-state index contributed by atoms with van der Waals surface area (Å²) in [5, 5.41) is 8.74. The van der Waals surface area contributed by atoms with Crippen LogP contribution >= 0.6 is 0 Å². The van der Waals surface area contributed by atoms with Crippen LogP contribution in [0.3, 0.4) is 0 Å². The quantitative estimate of drug-likeness (QED) is 0.876. The predicted octanol–water partition coefficient (Wildman–Crippen LogP) is 2.45. The Morgan fingerprint density at radius 1 is 1.53 bits per heavy atom. The Balaban J connectivity index is 2.45. The fourth-order valence-electron chi connectivity index (χ4n) is 2.04. The Bertz CT molecular complexity index is 480. The zero-order chi connectivity index (χ0) is 12.4. The highest BCUT2D eigenvalue weighted by atomic mass is 19.1. The van der Waals surface area contributed by atoms with E-state index in [-0.39, 0.29) is 5.57 Å². The van der Waals surface area contributed by atoms with Gasteiger partial charge in [-0.25, -0.2) is 9.18 Å². The first-order valence-electron chi connectivity index (χ1n) is 5.37. The zero-order valence-corrected chi connectivity index (χ0v) is 9.44. The Morgan fingerprint density at radius 3 is 2.94 bits per heavy atom. The van der Waals surface area contributed by atoms with Gasteiger partial charge < -0.3 is 9.84 Å². The van der Waals surface area contributed by atoms with Crippen LogP contribution in [0.4, 0.5) is 4.39 Å². The molecule has 0 saturated carbocycles. The molecule has 0 radical (unpaired) electrons. The summed E-state index contributed by atoms with van der Waals surface area (Å²) in [6.07, 6.45) is 1.15. The van der Waals surface area contributed by atoms with E-state index in [2.05, 4.69) is 0 Å². The average molecular weight is 236 g/mol. The van der Waals surface area contributed by atoms with Crippen LogP contribution in [0.5, 0.6) is 5.75 Å². The number of aliphatic carboxylic acids is 1. The first-order chi connectivity index (χ1) is 8.13. The van der Waals surface area contributed by atoms with Crippen LogP contribution in [0.2, 0.25) is 0 Å². The maximum atomic E-state index is 13.6. The first-order valence-corrected chi connectivity index (χ1v) is 5.37. The van der Waals surface area contributed by atoms with Gasteiger partial charge in [-0.1, -0.05) is 12.1 Å². The molecule has 0 spiro atoms. The standard InChI is InChI=1S/C13H13FO3/c1-17-9-6-5-8-3-2-4-10(11(8)7-9)12(14)13(15)16/h4-7,12H,2-3H2,1H3,(H,15,16). The van der Waals surface area contributed by atoms with Crippen LogP contribution < -0.4 is 4.74 Å². The number of carboxylic acids is 1. The molecule has 1 aromatic carbocycles. The largest absolute Gasteiger partial charge is 0.497 e. The van der Waals surface area contributed by atoms with E-state index in [0.29, 0.717) is 17.7 Å². The van der Waals surface area contributed by atoms with Crippen molar-refractivity contribution in [2.75, 3.05) is 7.11 Å². The van der Waals surface area contributed by atoms with Gasteiger partial charge in [-0.2, -0.15) is 0 Å². The molecule has 0 saturated heterocycles. The maximum absolute atomic E-state index is 13.6. The van der Waals surface area contributed by atoms with Crippen LogP contribution in [0.1, 0.15) is 17.5 Å². The van der Waals surface area contributed by atoms with Crippen LogP contribution in [-0.2, 0) is 11.2 Å². The topological polar surface area (TPSA) is 46.5 Å². The van der Waals surface area contributed by atoms with E-state index < -0.39 is 12.1 Å². The Kier molecular flexibility index (Phi) is 3.13. The third-order valence-corrected chi connectivity index (χ3v) is 2.90. The number of fused-ring (bicyclic) bond motifs is 1. The van der Waals surface area contributed by atoms with Gasteiger partial charge >= 0.3 is 5.97 Å². The summed E-state index contributed by atoms with van der Waals surface area (Å²) in [5.74, 6) is -0.846. The molecule has 1 aromatic rings. The number of allylic oxidation sites excluding steroid dienone is 1. The molecule has 1 atom stereocenters.